The van der Waals surface area contributed by atoms with E-state index in [-0.39, 0.29) is 6.10 Å². The van der Waals surface area contributed by atoms with Gasteiger partial charge in [0, 0.05) is 12.6 Å². The lowest BCUT2D eigenvalue weighted by atomic mass is 9.72. The van der Waals surface area contributed by atoms with Crippen molar-refractivity contribution in [2.75, 3.05) is 7.11 Å². The van der Waals surface area contributed by atoms with Crippen molar-refractivity contribution in [3.63, 3.8) is 0 Å². The van der Waals surface area contributed by atoms with Gasteiger partial charge >= 0.3 is 0 Å². The molecule has 0 saturated heterocycles. The zero-order valence-electron chi connectivity index (χ0n) is 15.9. The van der Waals surface area contributed by atoms with Crippen molar-refractivity contribution in [1.82, 2.24) is 0 Å². The van der Waals surface area contributed by atoms with E-state index in [1.807, 2.05) is 6.20 Å². The molecular weight excluding hydrogens is 322 g/mol. The molecule has 0 aromatic carbocycles. The quantitative estimate of drug-likeness (QED) is 0.767. The molecule has 0 spiro atoms. The normalized spacial score (nSPS) is 34.2. The van der Waals surface area contributed by atoms with Crippen molar-refractivity contribution >= 4 is 5.90 Å². The number of nitrogens with zero attached hydrogens (tertiary/aromatic N) is 1. The van der Waals surface area contributed by atoms with Crippen LogP contribution in [-0.4, -0.2) is 24.2 Å². The summed E-state index contributed by atoms with van der Waals surface area (Å²) in [6.45, 7) is 4.46. The summed E-state index contributed by atoms with van der Waals surface area (Å²) in [4.78, 5) is 4.46. The van der Waals surface area contributed by atoms with Crippen LogP contribution < -0.4 is 0 Å². The van der Waals surface area contributed by atoms with Crippen LogP contribution in [0.25, 0.3) is 0 Å². The first kappa shape index (κ1) is 17.8. The molecule has 0 radical (unpaired) electrons. The predicted molar refractivity (Wildman–Crippen MR) is 106 cm³/mol. The molecule has 4 aliphatic rings. The number of aliphatic hydroxyl groups is 1. The Labute approximate surface area is 157 Å². The molecule has 1 heterocycles. The summed E-state index contributed by atoms with van der Waals surface area (Å²) in [5, 5.41) is 9.75. The van der Waals surface area contributed by atoms with Gasteiger partial charge in [-0.25, -0.2) is 4.99 Å². The van der Waals surface area contributed by atoms with Crippen LogP contribution >= 0.6 is 0 Å². The van der Waals surface area contributed by atoms with Crippen LogP contribution in [0, 0.1) is 17.8 Å². The van der Waals surface area contributed by atoms with Gasteiger partial charge in [-0.3, -0.25) is 0 Å². The highest BCUT2D eigenvalue weighted by atomic mass is 16.5. The van der Waals surface area contributed by atoms with Gasteiger partial charge in [0.15, 0.2) is 5.90 Å². The van der Waals surface area contributed by atoms with Crippen LogP contribution in [0.5, 0.6) is 0 Å². The van der Waals surface area contributed by atoms with E-state index in [0.717, 1.165) is 56.8 Å². The monoisotopic (exact) mass is 353 g/mol. The second kappa shape index (κ2) is 7.56. The van der Waals surface area contributed by atoms with Gasteiger partial charge in [-0.15, -0.1) is 0 Å². The third kappa shape index (κ3) is 3.46. The SMILES string of the molecule is C=C(C1=CCC2C(C3=CN=C(OC)CC3)=CCC2C1)C1CCC(O)CC1. The molecule has 1 aliphatic heterocycles. The lowest BCUT2D eigenvalue weighted by Crippen LogP contribution is -2.23. The first-order valence-corrected chi connectivity index (χ1v) is 10.2. The molecule has 1 N–H and O–H groups in total. The van der Waals surface area contributed by atoms with Crippen molar-refractivity contribution in [2.45, 2.75) is 63.9 Å². The summed E-state index contributed by atoms with van der Waals surface area (Å²) in [7, 11) is 1.70. The van der Waals surface area contributed by atoms with Crippen molar-refractivity contribution < 1.29 is 9.84 Å². The third-order valence-corrected chi connectivity index (χ3v) is 6.89. The van der Waals surface area contributed by atoms with Gasteiger partial charge in [0.2, 0.25) is 0 Å². The fourth-order valence-electron chi connectivity index (χ4n) is 5.24. The fraction of sp³-hybridized carbons (Fsp3) is 0.609. The van der Waals surface area contributed by atoms with Gasteiger partial charge in [0.25, 0.3) is 0 Å². The summed E-state index contributed by atoms with van der Waals surface area (Å²) < 4.78 is 5.26. The van der Waals surface area contributed by atoms with E-state index in [9.17, 15) is 5.11 Å². The summed E-state index contributed by atoms with van der Waals surface area (Å²) in [5.41, 5.74) is 5.81. The van der Waals surface area contributed by atoms with E-state index in [4.69, 9.17) is 4.74 Å². The molecule has 2 unspecified atom stereocenters. The molecule has 0 bridgehead atoms. The molecule has 26 heavy (non-hydrogen) atoms. The molecule has 1 saturated carbocycles. The van der Waals surface area contributed by atoms with Crippen molar-refractivity contribution in [3.8, 4) is 0 Å². The lowest BCUT2D eigenvalue weighted by molar-refractivity contribution is 0.116. The van der Waals surface area contributed by atoms with Gasteiger partial charge in [-0.05, 0) is 91.4 Å². The van der Waals surface area contributed by atoms with Crippen LogP contribution in [0.4, 0.5) is 0 Å². The second-order valence-corrected chi connectivity index (χ2v) is 8.34. The average Bonchev–Trinajstić information content (AvgIpc) is 3.11. The molecule has 3 heteroatoms. The molecule has 2 atom stereocenters. The van der Waals surface area contributed by atoms with Crippen LogP contribution in [0.3, 0.4) is 0 Å². The van der Waals surface area contributed by atoms with Crippen LogP contribution in [-0.2, 0) is 4.74 Å². The molecule has 3 nitrogen and oxygen atoms in total. The number of fused-ring (bicyclic) bond motifs is 1. The number of ether oxygens (including phenoxy) is 1. The number of methoxy groups -OCH3 is 1. The third-order valence-electron chi connectivity index (χ3n) is 6.89. The molecule has 4 rings (SSSR count). The predicted octanol–water partition coefficient (Wildman–Crippen LogP) is 5.10. The Hall–Kier alpha value is -1.61. The van der Waals surface area contributed by atoms with E-state index in [0.29, 0.717) is 11.8 Å². The van der Waals surface area contributed by atoms with Gasteiger partial charge in [0.1, 0.15) is 0 Å². The number of hydrogen-bond acceptors (Lipinski definition) is 3. The highest BCUT2D eigenvalue weighted by Crippen LogP contribution is 2.48. The first-order chi connectivity index (χ1) is 12.7. The van der Waals surface area contributed by atoms with Crippen molar-refractivity contribution in [3.05, 3.63) is 47.2 Å². The van der Waals surface area contributed by atoms with Crippen LogP contribution in [0.1, 0.15) is 57.8 Å². The first-order valence-electron chi connectivity index (χ1n) is 10.2. The molecule has 0 aromatic rings. The van der Waals surface area contributed by atoms with Gasteiger partial charge in [-0.2, -0.15) is 0 Å². The minimum absolute atomic E-state index is 0.0876. The summed E-state index contributed by atoms with van der Waals surface area (Å²) in [6.07, 6.45) is 16.4. The largest absolute Gasteiger partial charge is 0.484 e. The van der Waals surface area contributed by atoms with E-state index in [1.165, 1.54) is 35.1 Å². The van der Waals surface area contributed by atoms with E-state index < -0.39 is 0 Å². The summed E-state index contributed by atoms with van der Waals surface area (Å²) in [5.74, 6) is 2.82. The van der Waals surface area contributed by atoms with E-state index in [2.05, 4.69) is 23.7 Å². The topological polar surface area (TPSA) is 41.8 Å². The second-order valence-electron chi connectivity index (χ2n) is 8.34. The zero-order valence-corrected chi connectivity index (χ0v) is 15.9. The molecule has 3 aliphatic carbocycles. The minimum Gasteiger partial charge on any atom is -0.484 e. The lowest BCUT2D eigenvalue weighted by Gasteiger charge is -2.33. The summed E-state index contributed by atoms with van der Waals surface area (Å²) in [6, 6.07) is 0. The molecule has 0 amide bonds. The Morgan fingerprint density at radius 3 is 2.65 bits per heavy atom. The van der Waals surface area contributed by atoms with Crippen LogP contribution in [0.2, 0.25) is 0 Å². The smallest absolute Gasteiger partial charge is 0.187 e. The maximum absolute atomic E-state index is 9.75. The zero-order chi connectivity index (χ0) is 18.1. The minimum atomic E-state index is -0.0876. The number of hydrogen-bond donors (Lipinski definition) is 1. The van der Waals surface area contributed by atoms with Crippen molar-refractivity contribution in [1.29, 1.82) is 0 Å². The summed E-state index contributed by atoms with van der Waals surface area (Å²) >= 11 is 0. The fourth-order valence-corrected chi connectivity index (χ4v) is 5.24. The number of rotatable bonds is 3. The highest BCUT2D eigenvalue weighted by Gasteiger charge is 2.35. The molecule has 0 aromatic heterocycles. The Morgan fingerprint density at radius 2 is 1.96 bits per heavy atom. The van der Waals surface area contributed by atoms with Crippen molar-refractivity contribution in [2.24, 2.45) is 22.7 Å². The average molecular weight is 354 g/mol. The van der Waals surface area contributed by atoms with E-state index >= 15 is 0 Å². The number of aliphatic imine (C=N–C) groups is 1. The maximum Gasteiger partial charge on any atom is 0.187 e. The molecular formula is C23H31NO2. The molecule has 1 fully saturated rings. The van der Waals surface area contributed by atoms with E-state index in [1.54, 1.807) is 7.11 Å². The number of allylic oxidation sites excluding steroid dienone is 6. The van der Waals surface area contributed by atoms with Gasteiger partial charge in [0.05, 0.1) is 13.2 Å². The van der Waals surface area contributed by atoms with Gasteiger partial charge < -0.3 is 9.84 Å². The Bertz CT molecular complexity index is 689. The maximum atomic E-state index is 9.75. The highest BCUT2D eigenvalue weighted by molar-refractivity contribution is 5.78. The van der Waals surface area contributed by atoms with Crippen LogP contribution in [0.15, 0.2) is 52.2 Å². The Morgan fingerprint density at radius 1 is 1.15 bits per heavy atom. The Balaban J connectivity index is 1.42. The molecule has 140 valence electrons. The van der Waals surface area contributed by atoms with Gasteiger partial charge in [-0.1, -0.05) is 18.7 Å². The standard InChI is InChI=1S/C23H31NO2/c1-15(16-3-8-20(25)9-4-16)17-5-10-21-18(13-17)6-11-22(21)19-7-12-23(26-2)24-14-19/h5,11,14,16,18,20-21,25H,1,3-4,6-10,12-13H2,2H3. The Kier molecular flexibility index (Phi) is 5.17. The number of aliphatic hydroxyl groups excluding tert-OH is 1.